The van der Waals surface area contributed by atoms with Gasteiger partial charge in [-0.15, -0.1) is 0 Å². The third-order valence-electron chi connectivity index (χ3n) is 3.45. The van der Waals surface area contributed by atoms with E-state index in [0.29, 0.717) is 5.92 Å². The summed E-state index contributed by atoms with van der Waals surface area (Å²) in [6.07, 6.45) is 4.00. The third kappa shape index (κ3) is 4.21. The normalized spacial score (nSPS) is 16.4. The quantitative estimate of drug-likeness (QED) is 0.863. The number of ether oxygens (including phenoxy) is 1. The van der Waals surface area contributed by atoms with Crippen molar-refractivity contribution in [3.8, 4) is 0 Å². The van der Waals surface area contributed by atoms with Crippen LogP contribution in [0.5, 0.6) is 0 Å². The van der Waals surface area contributed by atoms with Crippen molar-refractivity contribution in [1.82, 2.24) is 10.3 Å². The van der Waals surface area contributed by atoms with Gasteiger partial charge in [-0.25, -0.2) is 4.98 Å². The van der Waals surface area contributed by atoms with Crippen LogP contribution in [0.25, 0.3) is 0 Å². The first-order valence-electron chi connectivity index (χ1n) is 6.71. The fraction of sp³-hybridized carbons (Fsp3) is 0.571. The Kier molecular flexibility index (Phi) is 5.15. The van der Waals surface area contributed by atoms with Gasteiger partial charge in [0.15, 0.2) is 0 Å². The molecule has 5 heteroatoms. The molecule has 0 aliphatic carbocycles. The average Bonchev–Trinajstić information content (AvgIpc) is 2.47. The zero-order chi connectivity index (χ0) is 13.5. The molecule has 19 heavy (non-hydrogen) atoms. The molecule has 0 atom stereocenters. The van der Waals surface area contributed by atoms with E-state index < -0.39 is 0 Å². The van der Waals surface area contributed by atoms with Crippen molar-refractivity contribution < 1.29 is 9.53 Å². The Morgan fingerprint density at radius 1 is 1.47 bits per heavy atom. The Morgan fingerprint density at radius 3 is 2.89 bits per heavy atom. The fourth-order valence-electron chi connectivity index (χ4n) is 2.35. The van der Waals surface area contributed by atoms with Crippen LogP contribution < -0.4 is 10.2 Å². The maximum Gasteiger partial charge on any atom is 0.245 e. The highest BCUT2D eigenvalue weighted by atomic mass is 16.5. The fourth-order valence-corrected chi connectivity index (χ4v) is 2.35. The predicted molar refractivity (Wildman–Crippen MR) is 74.1 cm³/mol. The Morgan fingerprint density at radius 2 is 2.26 bits per heavy atom. The van der Waals surface area contributed by atoms with Gasteiger partial charge < -0.3 is 15.0 Å². The van der Waals surface area contributed by atoms with E-state index in [-0.39, 0.29) is 12.5 Å². The highest BCUT2D eigenvalue weighted by molar-refractivity contribution is 5.77. The summed E-state index contributed by atoms with van der Waals surface area (Å²) >= 11 is 0. The molecule has 0 saturated carbocycles. The van der Waals surface area contributed by atoms with Crippen LogP contribution in [0.15, 0.2) is 24.4 Å². The molecular weight excluding hydrogens is 242 g/mol. The van der Waals surface area contributed by atoms with Gasteiger partial charge >= 0.3 is 0 Å². The van der Waals surface area contributed by atoms with Crippen LogP contribution in [-0.2, 0) is 9.53 Å². The van der Waals surface area contributed by atoms with Crippen molar-refractivity contribution in [1.29, 1.82) is 0 Å². The van der Waals surface area contributed by atoms with Crippen molar-refractivity contribution in [2.45, 2.75) is 12.8 Å². The highest BCUT2D eigenvalue weighted by Gasteiger charge is 2.20. The Labute approximate surface area is 114 Å². The van der Waals surface area contributed by atoms with Crippen molar-refractivity contribution in [3.63, 3.8) is 0 Å². The summed E-state index contributed by atoms with van der Waals surface area (Å²) in [5.74, 6) is 1.57. The molecule has 1 saturated heterocycles. The van der Waals surface area contributed by atoms with Gasteiger partial charge in [-0.1, -0.05) is 6.07 Å². The maximum absolute atomic E-state index is 11.3. The number of hydrogen-bond donors (Lipinski definition) is 1. The lowest BCUT2D eigenvalue weighted by Gasteiger charge is -2.32. The summed E-state index contributed by atoms with van der Waals surface area (Å²) in [4.78, 5) is 18.0. The van der Waals surface area contributed by atoms with E-state index in [4.69, 9.17) is 4.74 Å². The molecule has 0 bridgehead atoms. The average molecular weight is 263 g/mol. The van der Waals surface area contributed by atoms with Crippen LogP contribution in [0, 0.1) is 5.92 Å². The van der Waals surface area contributed by atoms with E-state index in [1.54, 1.807) is 0 Å². The number of amides is 1. The van der Waals surface area contributed by atoms with E-state index in [2.05, 4.69) is 15.2 Å². The number of rotatable bonds is 5. The van der Waals surface area contributed by atoms with E-state index >= 15 is 0 Å². The largest absolute Gasteiger partial charge is 0.375 e. The molecule has 2 rings (SSSR count). The van der Waals surface area contributed by atoms with Crippen LogP contribution in [0.1, 0.15) is 12.8 Å². The number of pyridine rings is 1. The van der Waals surface area contributed by atoms with Gasteiger partial charge in [0.1, 0.15) is 12.4 Å². The number of hydrogen-bond acceptors (Lipinski definition) is 4. The first-order chi connectivity index (χ1) is 9.29. The number of aromatic nitrogens is 1. The lowest BCUT2D eigenvalue weighted by atomic mass is 9.97. The smallest absolute Gasteiger partial charge is 0.245 e. The Balaban J connectivity index is 1.72. The molecule has 1 aliphatic rings. The third-order valence-corrected chi connectivity index (χ3v) is 3.45. The first-order valence-corrected chi connectivity index (χ1v) is 6.71. The minimum Gasteiger partial charge on any atom is -0.375 e. The number of nitrogens with zero attached hydrogens (tertiary/aromatic N) is 2. The SMILES string of the molecule is COCC(=O)NCC1CCN(c2ccccn2)CC1. The molecule has 1 aromatic rings. The van der Waals surface area contributed by atoms with E-state index in [9.17, 15) is 4.79 Å². The first kappa shape index (κ1) is 13.8. The van der Waals surface area contributed by atoms with Crippen molar-refractivity contribution in [3.05, 3.63) is 24.4 Å². The van der Waals surface area contributed by atoms with Crippen LogP contribution in [-0.4, -0.2) is 44.2 Å². The van der Waals surface area contributed by atoms with Gasteiger partial charge in [-0.05, 0) is 30.9 Å². The monoisotopic (exact) mass is 263 g/mol. The molecule has 0 unspecified atom stereocenters. The maximum atomic E-state index is 11.3. The summed E-state index contributed by atoms with van der Waals surface area (Å²) in [7, 11) is 1.53. The van der Waals surface area contributed by atoms with Crippen LogP contribution in [0.4, 0.5) is 5.82 Å². The molecule has 104 valence electrons. The second-order valence-corrected chi connectivity index (χ2v) is 4.86. The van der Waals surface area contributed by atoms with Gasteiger partial charge in [0.2, 0.25) is 5.91 Å². The number of carbonyl (C=O) groups excluding carboxylic acids is 1. The van der Waals surface area contributed by atoms with Crippen LogP contribution >= 0.6 is 0 Å². The zero-order valence-electron chi connectivity index (χ0n) is 11.3. The molecule has 1 N–H and O–H groups in total. The minimum atomic E-state index is -0.0327. The lowest BCUT2D eigenvalue weighted by Crippen LogP contribution is -2.39. The standard InChI is InChI=1S/C14H21N3O2/c1-19-11-14(18)16-10-12-5-8-17(9-6-12)13-4-2-3-7-15-13/h2-4,7,12H,5-6,8-11H2,1H3,(H,16,18). The van der Waals surface area contributed by atoms with Gasteiger partial charge in [-0.3, -0.25) is 4.79 Å². The predicted octanol–water partition coefficient (Wildman–Crippen LogP) is 1.06. The molecular formula is C14H21N3O2. The Bertz CT molecular complexity index is 389. The Hall–Kier alpha value is -1.62. The van der Waals surface area contributed by atoms with Gasteiger partial charge in [0.25, 0.3) is 0 Å². The molecule has 2 heterocycles. The molecule has 0 spiro atoms. The van der Waals surface area contributed by atoms with Crippen molar-refractivity contribution in [2.75, 3.05) is 38.3 Å². The molecule has 5 nitrogen and oxygen atoms in total. The van der Waals surface area contributed by atoms with Gasteiger partial charge in [0.05, 0.1) is 0 Å². The highest BCUT2D eigenvalue weighted by Crippen LogP contribution is 2.20. The summed E-state index contributed by atoms with van der Waals surface area (Å²) < 4.78 is 4.79. The molecule has 1 aromatic heterocycles. The van der Waals surface area contributed by atoms with E-state index in [0.717, 1.165) is 38.3 Å². The summed E-state index contributed by atoms with van der Waals surface area (Å²) in [5, 5.41) is 2.91. The van der Waals surface area contributed by atoms with Gasteiger partial charge in [-0.2, -0.15) is 0 Å². The number of carbonyl (C=O) groups is 1. The minimum absolute atomic E-state index is 0.0327. The topological polar surface area (TPSA) is 54.5 Å². The summed E-state index contributed by atoms with van der Waals surface area (Å²) in [5.41, 5.74) is 0. The summed E-state index contributed by atoms with van der Waals surface area (Å²) in [6.45, 7) is 2.90. The molecule has 0 aromatic carbocycles. The van der Waals surface area contributed by atoms with E-state index in [1.165, 1.54) is 7.11 Å². The number of nitrogens with one attached hydrogen (secondary N) is 1. The second kappa shape index (κ2) is 7.09. The second-order valence-electron chi connectivity index (χ2n) is 4.86. The van der Waals surface area contributed by atoms with Gasteiger partial charge in [0, 0.05) is 32.9 Å². The molecule has 0 radical (unpaired) electrons. The lowest BCUT2D eigenvalue weighted by molar-refractivity contribution is -0.124. The molecule has 1 amide bonds. The number of piperidine rings is 1. The molecule has 1 aliphatic heterocycles. The van der Waals surface area contributed by atoms with Crippen molar-refractivity contribution >= 4 is 11.7 Å². The van der Waals surface area contributed by atoms with E-state index in [1.807, 2.05) is 24.4 Å². The van der Waals surface area contributed by atoms with Crippen molar-refractivity contribution in [2.24, 2.45) is 5.92 Å². The molecule has 1 fully saturated rings. The number of methoxy groups -OCH3 is 1. The number of anilines is 1. The zero-order valence-corrected chi connectivity index (χ0v) is 11.3. The summed E-state index contributed by atoms with van der Waals surface area (Å²) in [6, 6.07) is 5.99. The van der Waals surface area contributed by atoms with Crippen LogP contribution in [0.2, 0.25) is 0 Å². The van der Waals surface area contributed by atoms with Crippen LogP contribution in [0.3, 0.4) is 0 Å².